The maximum Gasteiger partial charge on any atom is 0.0851 e. The largest absolute Gasteiger partial charge is 0.386 e. The molecule has 2 rings (SSSR count). The Balaban J connectivity index is 2.03. The van der Waals surface area contributed by atoms with Gasteiger partial charge in [-0.2, -0.15) is 0 Å². The molecule has 0 bridgehead atoms. The SMILES string of the molecule is C=C(C)C1(O)CCC(c2ccccc2)CC1. The molecule has 1 heteroatoms. The smallest absolute Gasteiger partial charge is 0.0851 e. The predicted octanol–water partition coefficient (Wildman–Crippen LogP) is 3.65. The Hall–Kier alpha value is -1.08. The zero-order valence-electron chi connectivity index (χ0n) is 9.95. The first kappa shape index (κ1) is 11.4. The molecule has 0 unspecified atom stereocenters. The van der Waals surface area contributed by atoms with Gasteiger partial charge in [-0.25, -0.2) is 0 Å². The van der Waals surface area contributed by atoms with Gasteiger partial charge in [-0.05, 0) is 49.7 Å². The van der Waals surface area contributed by atoms with Crippen molar-refractivity contribution in [3.8, 4) is 0 Å². The third kappa shape index (κ3) is 2.19. The zero-order valence-corrected chi connectivity index (χ0v) is 9.95. The van der Waals surface area contributed by atoms with Gasteiger partial charge in [-0.3, -0.25) is 0 Å². The molecule has 1 nitrogen and oxygen atoms in total. The molecule has 16 heavy (non-hydrogen) atoms. The molecule has 1 aromatic rings. The summed E-state index contributed by atoms with van der Waals surface area (Å²) in [6.45, 7) is 5.83. The minimum Gasteiger partial charge on any atom is -0.386 e. The van der Waals surface area contributed by atoms with Gasteiger partial charge < -0.3 is 5.11 Å². The second kappa shape index (κ2) is 4.42. The van der Waals surface area contributed by atoms with Crippen molar-refractivity contribution >= 4 is 0 Å². The average molecular weight is 216 g/mol. The second-order valence-corrected chi connectivity index (χ2v) is 5.00. The molecule has 1 aliphatic carbocycles. The van der Waals surface area contributed by atoms with Crippen molar-refractivity contribution in [2.75, 3.05) is 0 Å². The van der Waals surface area contributed by atoms with Gasteiger partial charge in [-0.1, -0.05) is 36.9 Å². The summed E-state index contributed by atoms with van der Waals surface area (Å²) in [5, 5.41) is 10.3. The molecule has 1 aliphatic rings. The van der Waals surface area contributed by atoms with E-state index in [9.17, 15) is 5.11 Å². The van der Waals surface area contributed by atoms with E-state index in [2.05, 4.69) is 36.9 Å². The van der Waals surface area contributed by atoms with Crippen LogP contribution in [0.2, 0.25) is 0 Å². The predicted molar refractivity (Wildman–Crippen MR) is 67.4 cm³/mol. The van der Waals surface area contributed by atoms with Gasteiger partial charge in [-0.15, -0.1) is 0 Å². The van der Waals surface area contributed by atoms with Crippen LogP contribution in [-0.2, 0) is 0 Å². The minimum absolute atomic E-state index is 0.606. The molecule has 0 spiro atoms. The van der Waals surface area contributed by atoms with Crippen LogP contribution in [0, 0.1) is 0 Å². The lowest BCUT2D eigenvalue weighted by Crippen LogP contribution is -2.34. The Bertz CT molecular complexity index is 358. The maximum absolute atomic E-state index is 10.3. The van der Waals surface area contributed by atoms with Gasteiger partial charge in [0, 0.05) is 0 Å². The summed E-state index contributed by atoms with van der Waals surface area (Å²) in [5.74, 6) is 0.612. The molecule has 0 aliphatic heterocycles. The third-order valence-corrected chi connectivity index (χ3v) is 3.88. The highest BCUT2D eigenvalue weighted by Gasteiger charge is 2.33. The van der Waals surface area contributed by atoms with Crippen molar-refractivity contribution < 1.29 is 5.11 Å². The van der Waals surface area contributed by atoms with E-state index in [-0.39, 0.29) is 0 Å². The Labute approximate surface area is 97.8 Å². The molecule has 0 saturated heterocycles. The lowest BCUT2D eigenvalue weighted by molar-refractivity contribution is 0.0344. The van der Waals surface area contributed by atoms with Crippen LogP contribution in [0.1, 0.15) is 44.1 Å². The maximum atomic E-state index is 10.3. The number of benzene rings is 1. The molecule has 0 atom stereocenters. The zero-order chi connectivity index (χ0) is 11.6. The average Bonchev–Trinajstić information content (AvgIpc) is 2.31. The van der Waals surface area contributed by atoms with Crippen molar-refractivity contribution in [1.29, 1.82) is 0 Å². The molecule has 1 saturated carbocycles. The quantitative estimate of drug-likeness (QED) is 0.748. The molecule has 0 amide bonds. The number of aliphatic hydroxyl groups is 1. The summed E-state index contributed by atoms with van der Waals surface area (Å²) >= 11 is 0. The summed E-state index contributed by atoms with van der Waals surface area (Å²) < 4.78 is 0. The lowest BCUT2D eigenvalue weighted by Gasteiger charge is -2.36. The monoisotopic (exact) mass is 216 g/mol. The molecule has 86 valence electrons. The van der Waals surface area contributed by atoms with E-state index in [1.54, 1.807) is 0 Å². The van der Waals surface area contributed by atoms with Crippen molar-refractivity contribution in [3.05, 3.63) is 48.0 Å². The summed E-state index contributed by atoms with van der Waals surface area (Å²) in [6, 6.07) is 10.6. The standard InChI is InChI=1S/C15H20O/c1-12(2)15(16)10-8-14(9-11-15)13-6-4-3-5-7-13/h3-7,14,16H,1,8-11H2,2H3. The van der Waals surface area contributed by atoms with Gasteiger partial charge in [0.2, 0.25) is 0 Å². The van der Waals surface area contributed by atoms with E-state index in [0.29, 0.717) is 5.92 Å². The van der Waals surface area contributed by atoms with E-state index in [1.165, 1.54) is 5.56 Å². The van der Waals surface area contributed by atoms with Crippen molar-refractivity contribution in [2.24, 2.45) is 0 Å². The Morgan fingerprint density at radius 3 is 2.31 bits per heavy atom. The van der Waals surface area contributed by atoms with Crippen molar-refractivity contribution in [2.45, 2.75) is 44.1 Å². The van der Waals surface area contributed by atoms with Crippen LogP contribution in [0.4, 0.5) is 0 Å². The van der Waals surface area contributed by atoms with Crippen LogP contribution in [0.3, 0.4) is 0 Å². The van der Waals surface area contributed by atoms with Crippen LogP contribution in [0.5, 0.6) is 0 Å². The Morgan fingerprint density at radius 2 is 1.81 bits per heavy atom. The number of hydrogen-bond acceptors (Lipinski definition) is 1. The Morgan fingerprint density at radius 1 is 1.25 bits per heavy atom. The van der Waals surface area contributed by atoms with Crippen LogP contribution in [0.15, 0.2) is 42.5 Å². The first-order chi connectivity index (χ1) is 7.62. The summed E-state index contributed by atoms with van der Waals surface area (Å²) in [5.41, 5.74) is 1.72. The first-order valence-electron chi connectivity index (χ1n) is 6.05. The number of rotatable bonds is 2. The molecular formula is C15H20O. The summed E-state index contributed by atoms with van der Waals surface area (Å²) in [7, 11) is 0. The lowest BCUT2D eigenvalue weighted by atomic mass is 9.73. The van der Waals surface area contributed by atoms with Crippen molar-refractivity contribution in [1.82, 2.24) is 0 Å². The molecule has 0 aromatic heterocycles. The fourth-order valence-corrected chi connectivity index (χ4v) is 2.58. The molecule has 0 radical (unpaired) electrons. The normalized spacial score (nSPS) is 30.0. The molecular weight excluding hydrogens is 196 g/mol. The van der Waals surface area contributed by atoms with E-state index in [1.807, 2.05) is 6.92 Å². The fraction of sp³-hybridized carbons (Fsp3) is 0.467. The molecule has 1 aromatic carbocycles. The van der Waals surface area contributed by atoms with Gasteiger partial charge in [0.05, 0.1) is 5.60 Å². The highest BCUT2D eigenvalue weighted by atomic mass is 16.3. The van der Waals surface area contributed by atoms with E-state index in [4.69, 9.17) is 0 Å². The van der Waals surface area contributed by atoms with Crippen LogP contribution in [0.25, 0.3) is 0 Å². The molecule has 1 fully saturated rings. The summed E-state index contributed by atoms with van der Waals surface area (Å²) in [6.07, 6.45) is 3.82. The van der Waals surface area contributed by atoms with E-state index < -0.39 is 5.60 Å². The van der Waals surface area contributed by atoms with E-state index in [0.717, 1.165) is 31.3 Å². The molecule has 0 heterocycles. The van der Waals surface area contributed by atoms with Gasteiger partial charge >= 0.3 is 0 Å². The molecule has 1 N–H and O–H groups in total. The first-order valence-corrected chi connectivity index (χ1v) is 6.05. The van der Waals surface area contributed by atoms with E-state index >= 15 is 0 Å². The van der Waals surface area contributed by atoms with Gasteiger partial charge in [0.25, 0.3) is 0 Å². The van der Waals surface area contributed by atoms with Gasteiger partial charge in [0.1, 0.15) is 0 Å². The highest BCUT2D eigenvalue weighted by Crippen LogP contribution is 2.40. The Kier molecular flexibility index (Phi) is 3.15. The van der Waals surface area contributed by atoms with Crippen molar-refractivity contribution in [3.63, 3.8) is 0 Å². The second-order valence-electron chi connectivity index (χ2n) is 5.00. The topological polar surface area (TPSA) is 20.2 Å². The van der Waals surface area contributed by atoms with Crippen LogP contribution >= 0.6 is 0 Å². The number of hydrogen-bond donors (Lipinski definition) is 1. The third-order valence-electron chi connectivity index (χ3n) is 3.88. The summed E-state index contributed by atoms with van der Waals surface area (Å²) in [4.78, 5) is 0. The van der Waals surface area contributed by atoms with Crippen LogP contribution < -0.4 is 0 Å². The highest BCUT2D eigenvalue weighted by molar-refractivity contribution is 5.22. The minimum atomic E-state index is -0.606. The van der Waals surface area contributed by atoms with Gasteiger partial charge in [0.15, 0.2) is 0 Å². The fourth-order valence-electron chi connectivity index (χ4n) is 2.58. The van der Waals surface area contributed by atoms with Crippen LogP contribution in [-0.4, -0.2) is 10.7 Å².